The van der Waals surface area contributed by atoms with Gasteiger partial charge in [0.15, 0.2) is 5.65 Å². The minimum Gasteiger partial charge on any atom is -0.335 e. The molecule has 0 saturated carbocycles. The summed E-state index contributed by atoms with van der Waals surface area (Å²) < 4.78 is 3.78. The van der Waals surface area contributed by atoms with Gasteiger partial charge < -0.3 is 9.88 Å². The number of nitrogens with zero attached hydrogens (tertiary/aromatic N) is 6. The number of aryl methyl sites for hydroxylation is 1. The van der Waals surface area contributed by atoms with E-state index >= 15 is 0 Å². The first-order chi connectivity index (χ1) is 17.5. The molecule has 0 aliphatic heterocycles. The van der Waals surface area contributed by atoms with Gasteiger partial charge in [-0.05, 0) is 82.2 Å². The summed E-state index contributed by atoms with van der Waals surface area (Å²) in [6.07, 6.45) is 3.69. The van der Waals surface area contributed by atoms with E-state index in [9.17, 15) is 0 Å². The van der Waals surface area contributed by atoms with Crippen LogP contribution in [0, 0.1) is 0 Å². The van der Waals surface area contributed by atoms with Crippen molar-refractivity contribution in [3.8, 4) is 11.1 Å². The second-order valence-electron chi connectivity index (χ2n) is 8.65. The summed E-state index contributed by atoms with van der Waals surface area (Å²) in [7, 11) is 3.95. The number of aromatic nitrogens is 6. The van der Waals surface area contributed by atoms with Crippen LogP contribution in [0.5, 0.6) is 0 Å². The summed E-state index contributed by atoms with van der Waals surface area (Å²) in [6.45, 7) is 0. The molecular weight excluding hydrogens is 493 g/mol. The lowest BCUT2D eigenvalue weighted by molar-refractivity contribution is 0.493. The van der Waals surface area contributed by atoms with Crippen molar-refractivity contribution in [1.82, 2.24) is 34.9 Å². The summed E-state index contributed by atoms with van der Waals surface area (Å²) >= 11 is 12.6. The molecule has 3 heterocycles. The van der Waals surface area contributed by atoms with Crippen molar-refractivity contribution in [3.05, 3.63) is 112 Å². The van der Waals surface area contributed by atoms with Crippen molar-refractivity contribution >= 4 is 39.8 Å². The van der Waals surface area contributed by atoms with Crippen molar-refractivity contribution in [3.63, 3.8) is 0 Å². The number of benzene rings is 3. The molecule has 1 atom stereocenters. The van der Waals surface area contributed by atoms with E-state index in [0.29, 0.717) is 15.7 Å². The Kier molecular flexibility index (Phi) is 5.48. The number of tetrazole rings is 1. The van der Waals surface area contributed by atoms with E-state index in [1.807, 2.05) is 79.5 Å². The largest absolute Gasteiger partial charge is 0.335 e. The Bertz CT molecular complexity index is 1720. The first-order valence-electron chi connectivity index (χ1n) is 11.3. The molecule has 0 bridgehead atoms. The van der Waals surface area contributed by atoms with Crippen LogP contribution in [0.2, 0.25) is 10.0 Å². The Balaban J connectivity index is 1.70. The van der Waals surface area contributed by atoms with Crippen LogP contribution in [-0.2, 0) is 12.6 Å². The van der Waals surface area contributed by atoms with Crippen molar-refractivity contribution in [2.75, 3.05) is 7.05 Å². The molecule has 9 heteroatoms. The van der Waals surface area contributed by atoms with E-state index in [4.69, 9.17) is 23.2 Å². The highest BCUT2D eigenvalue weighted by Gasteiger charge is 2.37. The van der Waals surface area contributed by atoms with Gasteiger partial charge in [0.25, 0.3) is 0 Å². The standard InChI is InChI=1S/C27H21Cl2N7/c1-30-27(25-15-31-16-35(25)2,18-6-9-20(28)10-7-18)19-8-11-24-23(13-19)22(14-26-32-33-34-36(24)26)17-4-3-5-21(29)12-17/h3-16,30H,1-2H3. The molecule has 1 unspecified atom stereocenters. The molecule has 0 amide bonds. The van der Waals surface area contributed by atoms with Crippen LogP contribution >= 0.6 is 23.2 Å². The first-order valence-corrected chi connectivity index (χ1v) is 12.1. The van der Waals surface area contributed by atoms with Crippen LogP contribution < -0.4 is 5.32 Å². The van der Waals surface area contributed by atoms with Crippen molar-refractivity contribution in [2.45, 2.75) is 5.54 Å². The molecule has 0 saturated heterocycles. The minimum atomic E-state index is -0.703. The summed E-state index contributed by atoms with van der Waals surface area (Å²) in [5.41, 5.74) is 5.87. The molecule has 0 radical (unpaired) electrons. The summed E-state index contributed by atoms with van der Waals surface area (Å²) in [5.74, 6) is 0. The van der Waals surface area contributed by atoms with E-state index in [2.05, 4.69) is 44.0 Å². The van der Waals surface area contributed by atoms with Crippen molar-refractivity contribution in [2.24, 2.45) is 7.05 Å². The molecule has 178 valence electrons. The molecule has 3 aromatic heterocycles. The lowest BCUT2D eigenvalue weighted by Gasteiger charge is -2.35. The molecule has 6 rings (SSSR count). The average molecular weight is 514 g/mol. The van der Waals surface area contributed by atoms with Gasteiger partial charge in [-0.2, -0.15) is 4.52 Å². The summed E-state index contributed by atoms with van der Waals surface area (Å²) in [6, 6.07) is 24.0. The van der Waals surface area contributed by atoms with Crippen LogP contribution in [0.25, 0.3) is 27.7 Å². The predicted molar refractivity (Wildman–Crippen MR) is 142 cm³/mol. The number of imidazole rings is 1. The number of nitrogens with one attached hydrogen (secondary N) is 1. The zero-order chi connectivity index (χ0) is 24.9. The molecule has 3 aromatic carbocycles. The Morgan fingerprint density at radius 1 is 0.889 bits per heavy atom. The lowest BCUT2D eigenvalue weighted by atomic mass is 9.79. The van der Waals surface area contributed by atoms with E-state index in [0.717, 1.165) is 38.9 Å². The Morgan fingerprint density at radius 2 is 1.69 bits per heavy atom. The van der Waals surface area contributed by atoms with Gasteiger partial charge >= 0.3 is 0 Å². The fourth-order valence-electron chi connectivity index (χ4n) is 5.02. The molecule has 7 nitrogen and oxygen atoms in total. The SMILES string of the molecule is CNC(c1ccc(Cl)cc1)(c1ccc2c(c1)c(-c1cccc(Cl)c1)cc1nnnn12)c1cncn1C. The maximum absolute atomic E-state index is 6.37. The van der Waals surface area contributed by atoms with E-state index in [1.165, 1.54) is 0 Å². The van der Waals surface area contributed by atoms with Crippen LogP contribution in [0.3, 0.4) is 0 Å². The number of hydrogen-bond donors (Lipinski definition) is 1. The van der Waals surface area contributed by atoms with Gasteiger partial charge in [-0.25, -0.2) is 4.98 Å². The van der Waals surface area contributed by atoms with E-state index in [1.54, 1.807) is 10.8 Å². The Morgan fingerprint density at radius 3 is 2.42 bits per heavy atom. The van der Waals surface area contributed by atoms with E-state index in [-0.39, 0.29) is 0 Å². The number of halogens is 2. The summed E-state index contributed by atoms with van der Waals surface area (Å²) in [5, 5.41) is 18.3. The van der Waals surface area contributed by atoms with Gasteiger partial charge in [-0.3, -0.25) is 0 Å². The molecule has 6 aromatic rings. The topological polar surface area (TPSA) is 72.9 Å². The third-order valence-electron chi connectivity index (χ3n) is 6.70. The smallest absolute Gasteiger partial charge is 0.180 e. The minimum absolute atomic E-state index is 0.662. The fraction of sp³-hybridized carbons (Fsp3) is 0.111. The van der Waals surface area contributed by atoms with Gasteiger partial charge in [0.1, 0.15) is 5.54 Å². The van der Waals surface area contributed by atoms with Gasteiger partial charge in [-0.1, -0.05) is 53.5 Å². The average Bonchev–Trinajstić information content (AvgIpc) is 3.55. The maximum Gasteiger partial charge on any atom is 0.180 e. The van der Waals surface area contributed by atoms with E-state index < -0.39 is 5.54 Å². The monoisotopic (exact) mass is 513 g/mol. The summed E-state index contributed by atoms with van der Waals surface area (Å²) in [4.78, 5) is 4.43. The quantitative estimate of drug-likeness (QED) is 0.329. The Labute approximate surface area is 217 Å². The van der Waals surface area contributed by atoms with Crippen LogP contribution in [0.4, 0.5) is 0 Å². The number of pyridine rings is 1. The number of rotatable bonds is 5. The first kappa shape index (κ1) is 22.7. The fourth-order valence-corrected chi connectivity index (χ4v) is 5.34. The van der Waals surface area contributed by atoms with Crippen molar-refractivity contribution in [1.29, 1.82) is 0 Å². The molecule has 0 aliphatic rings. The number of hydrogen-bond acceptors (Lipinski definition) is 5. The third-order valence-corrected chi connectivity index (χ3v) is 7.19. The maximum atomic E-state index is 6.37. The molecule has 0 aliphatic carbocycles. The van der Waals surface area contributed by atoms with Gasteiger partial charge in [0, 0.05) is 22.5 Å². The zero-order valence-corrected chi connectivity index (χ0v) is 21.0. The highest BCUT2D eigenvalue weighted by molar-refractivity contribution is 6.31. The zero-order valence-electron chi connectivity index (χ0n) is 19.5. The second-order valence-corrected chi connectivity index (χ2v) is 9.52. The van der Waals surface area contributed by atoms with Gasteiger partial charge in [-0.15, -0.1) is 5.10 Å². The number of fused-ring (bicyclic) bond motifs is 3. The highest BCUT2D eigenvalue weighted by atomic mass is 35.5. The lowest BCUT2D eigenvalue weighted by Crippen LogP contribution is -2.43. The molecule has 36 heavy (non-hydrogen) atoms. The molecular formula is C27H21Cl2N7. The normalized spacial score (nSPS) is 13.3. The van der Waals surface area contributed by atoms with Gasteiger partial charge in [0.05, 0.1) is 23.7 Å². The third kappa shape index (κ3) is 3.47. The van der Waals surface area contributed by atoms with Crippen LogP contribution in [-0.4, -0.2) is 36.6 Å². The highest BCUT2D eigenvalue weighted by Crippen LogP contribution is 2.40. The van der Waals surface area contributed by atoms with Crippen LogP contribution in [0.15, 0.2) is 85.3 Å². The van der Waals surface area contributed by atoms with Gasteiger partial charge in [0.2, 0.25) is 0 Å². The Hall–Kier alpha value is -3.78. The molecule has 0 spiro atoms. The molecule has 1 N–H and O–H groups in total. The predicted octanol–water partition coefficient (Wildman–Crippen LogP) is 5.50. The van der Waals surface area contributed by atoms with Crippen LogP contribution in [0.1, 0.15) is 16.8 Å². The molecule has 0 fully saturated rings. The second kappa shape index (κ2) is 8.71. The van der Waals surface area contributed by atoms with Crippen molar-refractivity contribution < 1.29 is 0 Å².